The van der Waals surface area contributed by atoms with Crippen LogP contribution in [0.15, 0.2) is 42.6 Å². The van der Waals surface area contributed by atoms with Gasteiger partial charge in [-0.15, -0.1) is 0 Å². The highest BCUT2D eigenvalue weighted by Crippen LogP contribution is 2.34. The summed E-state index contributed by atoms with van der Waals surface area (Å²) in [6.45, 7) is 0. The van der Waals surface area contributed by atoms with Crippen molar-refractivity contribution in [1.29, 1.82) is 0 Å². The summed E-state index contributed by atoms with van der Waals surface area (Å²) in [7, 11) is 0. The number of nitrogens with zero attached hydrogens (tertiary/aromatic N) is 2. The SMILES string of the molecule is O=[N+]([O-])c1ccnc(-c2ccccc2)c1O. The van der Waals surface area contributed by atoms with E-state index in [0.29, 0.717) is 5.56 Å². The first kappa shape index (κ1) is 10.1. The molecule has 1 aromatic carbocycles. The second kappa shape index (κ2) is 3.98. The fraction of sp³-hybridized carbons (Fsp3) is 0. The minimum atomic E-state index is -0.635. The number of aromatic hydroxyl groups is 1. The molecule has 2 rings (SSSR count). The maximum atomic E-state index is 10.6. The standard InChI is InChI=1S/C11H8N2O3/c14-11-9(13(15)16)6-7-12-10(11)8-4-2-1-3-5-8/h1-7,14H. The van der Waals surface area contributed by atoms with E-state index in [-0.39, 0.29) is 11.4 Å². The Balaban J connectivity index is 2.59. The van der Waals surface area contributed by atoms with Gasteiger partial charge in [-0.05, 0) is 0 Å². The van der Waals surface area contributed by atoms with E-state index in [1.165, 1.54) is 12.3 Å². The Morgan fingerprint density at radius 1 is 1.19 bits per heavy atom. The first-order valence-electron chi connectivity index (χ1n) is 4.58. The Labute approximate surface area is 91.2 Å². The second-order valence-electron chi connectivity index (χ2n) is 3.15. The number of pyridine rings is 1. The molecule has 0 aliphatic heterocycles. The summed E-state index contributed by atoms with van der Waals surface area (Å²) in [5, 5.41) is 20.3. The summed E-state index contributed by atoms with van der Waals surface area (Å²) >= 11 is 0. The van der Waals surface area contributed by atoms with E-state index in [9.17, 15) is 15.2 Å². The Morgan fingerprint density at radius 3 is 2.50 bits per heavy atom. The molecule has 0 radical (unpaired) electrons. The molecule has 0 bridgehead atoms. The molecule has 5 heteroatoms. The molecule has 0 saturated heterocycles. The molecule has 5 nitrogen and oxygen atoms in total. The van der Waals surface area contributed by atoms with E-state index in [2.05, 4.69) is 4.98 Å². The molecule has 0 atom stereocenters. The van der Waals surface area contributed by atoms with Crippen LogP contribution in [0.3, 0.4) is 0 Å². The number of nitro groups is 1. The number of hydrogen-bond donors (Lipinski definition) is 1. The molecule has 1 N–H and O–H groups in total. The number of hydrogen-bond acceptors (Lipinski definition) is 4. The zero-order valence-electron chi connectivity index (χ0n) is 8.20. The molecular weight excluding hydrogens is 208 g/mol. The van der Waals surface area contributed by atoms with Crippen molar-refractivity contribution in [3.8, 4) is 17.0 Å². The average Bonchev–Trinajstić information content (AvgIpc) is 2.30. The molecule has 1 aromatic heterocycles. The fourth-order valence-corrected chi connectivity index (χ4v) is 1.40. The zero-order chi connectivity index (χ0) is 11.5. The summed E-state index contributed by atoms with van der Waals surface area (Å²) in [6, 6.07) is 9.99. The maximum absolute atomic E-state index is 10.6. The van der Waals surface area contributed by atoms with Gasteiger partial charge in [0.15, 0.2) is 0 Å². The van der Waals surface area contributed by atoms with E-state index in [4.69, 9.17) is 0 Å². The van der Waals surface area contributed by atoms with Crippen molar-refractivity contribution in [3.63, 3.8) is 0 Å². The van der Waals surface area contributed by atoms with Crippen molar-refractivity contribution in [2.75, 3.05) is 0 Å². The number of benzene rings is 1. The minimum absolute atomic E-state index is 0.217. The van der Waals surface area contributed by atoms with Gasteiger partial charge >= 0.3 is 5.69 Å². The van der Waals surface area contributed by atoms with Gasteiger partial charge < -0.3 is 5.11 Å². The van der Waals surface area contributed by atoms with Gasteiger partial charge in [-0.25, -0.2) is 0 Å². The molecule has 0 spiro atoms. The Bertz CT molecular complexity index is 526. The quantitative estimate of drug-likeness (QED) is 0.617. The minimum Gasteiger partial charge on any atom is -0.501 e. The summed E-state index contributed by atoms with van der Waals surface area (Å²) in [5.41, 5.74) is 0.521. The zero-order valence-corrected chi connectivity index (χ0v) is 8.20. The third kappa shape index (κ3) is 1.70. The lowest BCUT2D eigenvalue weighted by atomic mass is 10.1. The summed E-state index contributed by atoms with van der Waals surface area (Å²) in [4.78, 5) is 13.9. The van der Waals surface area contributed by atoms with E-state index < -0.39 is 10.7 Å². The fourth-order valence-electron chi connectivity index (χ4n) is 1.40. The van der Waals surface area contributed by atoms with Crippen molar-refractivity contribution in [1.82, 2.24) is 4.98 Å². The Kier molecular flexibility index (Phi) is 2.51. The van der Waals surface area contributed by atoms with Crippen LogP contribution in [-0.4, -0.2) is 15.0 Å². The van der Waals surface area contributed by atoms with Crippen molar-refractivity contribution in [2.45, 2.75) is 0 Å². The molecule has 1 heterocycles. The van der Waals surface area contributed by atoms with Crippen LogP contribution in [0.1, 0.15) is 0 Å². The van der Waals surface area contributed by atoms with E-state index >= 15 is 0 Å². The third-order valence-corrected chi connectivity index (χ3v) is 2.15. The normalized spacial score (nSPS) is 10.0. The summed E-state index contributed by atoms with van der Waals surface area (Å²) in [6.07, 6.45) is 1.31. The lowest BCUT2D eigenvalue weighted by molar-refractivity contribution is -0.385. The number of rotatable bonds is 2. The van der Waals surface area contributed by atoms with Gasteiger partial charge in [0, 0.05) is 17.8 Å². The highest BCUT2D eigenvalue weighted by atomic mass is 16.6. The molecule has 0 aliphatic carbocycles. The van der Waals surface area contributed by atoms with E-state index in [0.717, 1.165) is 0 Å². The summed E-state index contributed by atoms with van der Waals surface area (Å²) < 4.78 is 0. The topological polar surface area (TPSA) is 76.3 Å². The molecule has 80 valence electrons. The predicted molar refractivity (Wildman–Crippen MR) is 58.0 cm³/mol. The lowest BCUT2D eigenvalue weighted by Gasteiger charge is -2.03. The molecule has 0 unspecified atom stereocenters. The van der Waals surface area contributed by atoms with Crippen LogP contribution in [0.25, 0.3) is 11.3 Å². The van der Waals surface area contributed by atoms with Gasteiger partial charge in [-0.2, -0.15) is 0 Å². The van der Waals surface area contributed by atoms with Crippen molar-refractivity contribution in [3.05, 3.63) is 52.7 Å². The monoisotopic (exact) mass is 216 g/mol. The second-order valence-corrected chi connectivity index (χ2v) is 3.15. The van der Waals surface area contributed by atoms with Crippen LogP contribution >= 0.6 is 0 Å². The van der Waals surface area contributed by atoms with Crippen molar-refractivity contribution >= 4 is 5.69 Å². The van der Waals surface area contributed by atoms with Crippen LogP contribution in [-0.2, 0) is 0 Å². The largest absolute Gasteiger partial charge is 0.501 e. The molecule has 16 heavy (non-hydrogen) atoms. The van der Waals surface area contributed by atoms with Crippen LogP contribution in [0.5, 0.6) is 5.75 Å². The van der Waals surface area contributed by atoms with Crippen LogP contribution in [0.2, 0.25) is 0 Å². The first-order chi connectivity index (χ1) is 7.70. The molecule has 0 fully saturated rings. The lowest BCUT2D eigenvalue weighted by Crippen LogP contribution is -1.92. The summed E-state index contributed by atoms with van der Waals surface area (Å²) in [5.74, 6) is -0.404. The highest BCUT2D eigenvalue weighted by molar-refractivity contribution is 5.70. The molecular formula is C11H8N2O3. The Hall–Kier alpha value is -2.43. The van der Waals surface area contributed by atoms with Gasteiger partial charge in [-0.3, -0.25) is 15.1 Å². The highest BCUT2D eigenvalue weighted by Gasteiger charge is 2.18. The Morgan fingerprint density at radius 2 is 1.88 bits per heavy atom. The van der Waals surface area contributed by atoms with Crippen LogP contribution in [0, 0.1) is 10.1 Å². The molecule has 0 amide bonds. The van der Waals surface area contributed by atoms with Crippen LogP contribution in [0.4, 0.5) is 5.69 Å². The van der Waals surface area contributed by atoms with Gasteiger partial charge in [-0.1, -0.05) is 30.3 Å². The van der Waals surface area contributed by atoms with Crippen molar-refractivity contribution < 1.29 is 10.0 Å². The van der Waals surface area contributed by atoms with Gasteiger partial charge in [0.05, 0.1) is 4.92 Å². The average molecular weight is 216 g/mol. The smallest absolute Gasteiger partial charge is 0.314 e. The van der Waals surface area contributed by atoms with E-state index in [1.807, 2.05) is 6.07 Å². The van der Waals surface area contributed by atoms with Crippen LogP contribution < -0.4 is 0 Å². The molecule has 0 saturated carbocycles. The molecule has 2 aromatic rings. The van der Waals surface area contributed by atoms with E-state index in [1.54, 1.807) is 24.3 Å². The molecule has 0 aliphatic rings. The predicted octanol–water partition coefficient (Wildman–Crippen LogP) is 2.36. The third-order valence-electron chi connectivity index (χ3n) is 2.15. The van der Waals surface area contributed by atoms with Gasteiger partial charge in [0.2, 0.25) is 5.75 Å². The first-order valence-corrected chi connectivity index (χ1v) is 4.58. The van der Waals surface area contributed by atoms with Gasteiger partial charge in [0.1, 0.15) is 5.69 Å². The van der Waals surface area contributed by atoms with Gasteiger partial charge in [0.25, 0.3) is 0 Å². The number of aromatic nitrogens is 1. The van der Waals surface area contributed by atoms with Crippen molar-refractivity contribution in [2.24, 2.45) is 0 Å². The maximum Gasteiger partial charge on any atom is 0.314 e.